The number of nitrogens with one attached hydrogen (secondary N) is 2. The Labute approximate surface area is 185 Å². The van der Waals surface area contributed by atoms with Crippen LogP contribution in [0.2, 0.25) is 0 Å². The number of hydrogen-bond donors (Lipinski definition) is 2. The van der Waals surface area contributed by atoms with Crippen molar-refractivity contribution in [2.45, 2.75) is 32.8 Å². The first-order chi connectivity index (χ1) is 15.2. The van der Waals surface area contributed by atoms with Crippen molar-refractivity contribution in [2.24, 2.45) is 5.92 Å². The molecule has 8 heteroatoms. The van der Waals surface area contributed by atoms with Gasteiger partial charge in [0, 0.05) is 23.2 Å². The van der Waals surface area contributed by atoms with Crippen molar-refractivity contribution >= 4 is 28.5 Å². The van der Waals surface area contributed by atoms with Crippen LogP contribution < -0.4 is 5.32 Å². The van der Waals surface area contributed by atoms with Crippen LogP contribution in [-0.4, -0.2) is 52.2 Å². The van der Waals surface area contributed by atoms with Gasteiger partial charge in [0.1, 0.15) is 11.4 Å². The van der Waals surface area contributed by atoms with E-state index in [0.29, 0.717) is 25.2 Å². The van der Waals surface area contributed by atoms with Gasteiger partial charge < -0.3 is 10.1 Å². The van der Waals surface area contributed by atoms with E-state index in [1.807, 2.05) is 43.9 Å². The van der Waals surface area contributed by atoms with E-state index in [4.69, 9.17) is 4.74 Å². The zero-order valence-corrected chi connectivity index (χ0v) is 18.4. The van der Waals surface area contributed by atoms with Crippen LogP contribution in [0.25, 0.3) is 22.2 Å². The average Bonchev–Trinajstić information content (AvgIpc) is 3.34. The molecule has 1 amide bonds. The maximum Gasteiger partial charge on any atom is 0.320 e. The first-order valence-electron chi connectivity index (χ1n) is 10.7. The Morgan fingerprint density at radius 1 is 1.22 bits per heavy atom. The third-order valence-corrected chi connectivity index (χ3v) is 5.36. The SMILES string of the molecule is CC(C)(C)OC(=O)CN1CCC(C(=O)Nc2ccc3c(-c4ccc(F)cc4)n[nH]c3c2)C1. The number of halogens is 1. The summed E-state index contributed by atoms with van der Waals surface area (Å²) in [7, 11) is 0. The first kappa shape index (κ1) is 22.0. The number of esters is 1. The lowest BCUT2D eigenvalue weighted by Crippen LogP contribution is -2.34. The minimum atomic E-state index is -0.518. The van der Waals surface area contributed by atoms with Crippen molar-refractivity contribution in [3.8, 4) is 11.3 Å². The number of rotatable bonds is 5. The number of aromatic amines is 1. The number of hydrogen-bond acceptors (Lipinski definition) is 5. The molecule has 1 aliphatic rings. The summed E-state index contributed by atoms with van der Waals surface area (Å²) in [5, 5.41) is 11.2. The third-order valence-electron chi connectivity index (χ3n) is 5.36. The number of ether oxygens (including phenoxy) is 1. The number of nitrogens with zero attached hydrogens (tertiary/aromatic N) is 2. The number of anilines is 1. The van der Waals surface area contributed by atoms with Crippen molar-refractivity contribution < 1.29 is 18.7 Å². The van der Waals surface area contributed by atoms with Gasteiger partial charge in [0.25, 0.3) is 0 Å². The predicted octanol–water partition coefficient (Wildman–Crippen LogP) is 3.97. The van der Waals surface area contributed by atoms with Gasteiger partial charge in [-0.15, -0.1) is 0 Å². The monoisotopic (exact) mass is 438 g/mol. The summed E-state index contributed by atoms with van der Waals surface area (Å²) in [6, 6.07) is 11.7. The minimum Gasteiger partial charge on any atom is -0.459 e. The molecule has 0 radical (unpaired) electrons. The molecule has 32 heavy (non-hydrogen) atoms. The van der Waals surface area contributed by atoms with E-state index in [-0.39, 0.29) is 30.2 Å². The van der Waals surface area contributed by atoms with Crippen LogP contribution in [0, 0.1) is 11.7 Å². The van der Waals surface area contributed by atoms with Crippen molar-refractivity contribution in [3.63, 3.8) is 0 Å². The summed E-state index contributed by atoms with van der Waals surface area (Å²) in [6.07, 6.45) is 0.690. The Kier molecular flexibility index (Phi) is 5.97. The van der Waals surface area contributed by atoms with Gasteiger partial charge in [-0.25, -0.2) is 4.39 Å². The van der Waals surface area contributed by atoms with Crippen molar-refractivity contribution in [1.29, 1.82) is 0 Å². The van der Waals surface area contributed by atoms with Gasteiger partial charge in [0.15, 0.2) is 0 Å². The van der Waals surface area contributed by atoms with Crippen molar-refractivity contribution in [1.82, 2.24) is 15.1 Å². The highest BCUT2D eigenvalue weighted by Gasteiger charge is 2.30. The molecule has 0 bridgehead atoms. The first-order valence-corrected chi connectivity index (χ1v) is 10.7. The summed E-state index contributed by atoms with van der Waals surface area (Å²) in [5.74, 6) is -0.839. The minimum absolute atomic E-state index is 0.0747. The highest BCUT2D eigenvalue weighted by atomic mass is 19.1. The number of H-pyrrole nitrogens is 1. The molecule has 3 aromatic rings. The van der Waals surface area contributed by atoms with E-state index in [0.717, 1.165) is 22.2 Å². The largest absolute Gasteiger partial charge is 0.459 e. The molecule has 0 aliphatic carbocycles. The van der Waals surface area contributed by atoms with Gasteiger partial charge in [-0.3, -0.25) is 19.6 Å². The van der Waals surface area contributed by atoms with Crippen LogP contribution in [0.1, 0.15) is 27.2 Å². The number of carbonyl (C=O) groups excluding carboxylic acids is 2. The number of amides is 1. The zero-order chi connectivity index (χ0) is 22.9. The Morgan fingerprint density at radius 3 is 2.69 bits per heavy atom. The second kappa shape index (κ2) is 8.70. The van der Waals surface area contributed by atoms with Crippen LogP contribution in [-0.2, 0) is 14.3 Å². The maximum absolute atomic E-state index is 13.2. The molecular weight excluding hydrogens is 411 g/mol. The van der Waals surface area contributed by atoms with E-state index >= 15 is 0 Å². The number of aromatic nitrogens is 2. The fraction of sp³-hybridized carbons (Fsp3) is 0.375. The Balaban J connectivity index is 1.38. The van der Waals surface area contributed by atoms with E-state index in [9.17, 15) is 14.0 Å². The van der Waals surface area contributed by atoms with Gasteiger partial charge in [-0.2, -0.15) is 5.10 Å². The molecule has 7 nitrogen and oxygen atoms in total. The van der Waals surface area contributed by atoms with E-state index in [2.05, 4.69) is 15.5 Å². The quantitative estimate of drug-likeness (QED) is 0.589. The second-order valence-electron chi connectivity index (χ2n) is 9.14. The van der Waals surface area contributed by atoms with Crippen LogP contribution in [0.5, 0.6) is 0 Å². The summed E-state index contributed by atoms with van der Waals surface area (Å²) < 4.78 is 18.6. The van der Waals surface area contributed by atoms with Crippen LogP contribution >= 0.6 is 0 Å². The molecule has 1 fully saturated rings. The predicted molar refractivity (Wildman–Crippen MR) is 121 cm³/mol. The molecule has 4 rings (SSSR count). The van der Waals surface area contributed by atoms with Gasteiger partial charge in [-0.05, 0) is 76.2 Å². The standard InChI is InChI=1S/C24H27FN4O3/c1-24(2,3)32-21(30)14-29-11-10-16(13-29)23(31)26-18-8-9-19-20(12-18)27-28-22(19)15-4-6-17(25)7-5-15/h4-9,12,16H,10-11,13-14H2,1-3H3,(H,26,31)(H,27,28). The second-order valence-corrected chi connectivity index (χ2v) is 9.14. The van der Waals surface area contributed by atoms with E-state index in [1.165, 1.54) is 12.1 Å². The van der Waals surface area contributed by atoms with E-state index in [1.54, 1.807) is 12.1 Å². The Bertz CT molecular complexity index is 1130. The van der Waals surface area contributed by atoms with Gasteiger partial charge in [0.05, 0.1) is 23.7 Å². The lowest BCUT2D eigenvalue weighted by atomic mass is 10.1. The number of likely N-dealkylation sites (tertiary alicyclic amines) is 1. The summed E-state index contributed by atoms with van der Waals surface area (Å²) in [6.45, 7) is 6.90. The molecular formula is C24H27FN4O3. The van der Waals surface area contributed by atoms with Gasteiger partial charge in [-0.1, -0.05) is 0 Å². The van der Waals surface area contributed by atoms with Crippen LogP contribution in [0.15, 0.2) is 42.5 Å². The molecule has 2 N–H and O–H groups in total. The molecule has 2 heterocycles. The molecule has 1 saturated heterocycles. The number of carbonyl (C=O) groups is 2. The summed E-state index contributed by atoms with van der Waals surface area (Å²) >= 11 is 0. The smallest absolute Gasteiger partial charge is 0.320 e. The molecule has 1 unspecified atom stereocenters. The highest BCUT2D eigenvalue weighted by molar-refractivity contribution is 5.98. The molecule has 1 aromatic heterocycles. The third kappa shape index (κ3) is 5.13. The molecule has 2 aromatic carbocycles. The average molecular weight is 439 g/mol. The van der Waals surface area contributed by atoms with E-state index < -0.39 is 5.60 Å². The highest BCUT2D eigenvalue weighted by Crippen LogP contribution is 2.28. The maximum atomic E-state index is 13.2. The zero-order valence-electron chi connectivity index (χ0n) is 18.4. The lowest BCUT2D eigenvalue weighted by Gasteiger charge is -2.22. The molecule has 0 saturated carbocycles. The summed E-state index contributed by atoms with van der Waals surface area (Å²) in [4.78, 5) is 26.7. The fourth-order valence-electron chi connectivity index (χ4n) is 3.92. The number of benzene rings is 2. The topological polar surface area (TPSA) is 87.3 Å². The molecule has 168 valence electrons. The van der Waals surface area contributed by atoms with Gasteiger partial charge in [0.2, 0.25) is 5.91 Å². The molecule has 0 spiro atoms. The normalized spacial score (nSPS) is 16.9. The fourth-order valence-corrected chi connectivity index (χ4v) is 3.92. The van der Waals surface area contributed by atoms with Gasteiger partial charge >= 0.3 is 5.97 Å². The van der Waals surface area contributed by atoms with Crippen LogP contribution in [0.4, 0.5) is 10.1 Å². The Hall–Kier alpha value is -3.26. The lowest BCUT2D eigenvalue weighted by molar-refractivity contribution is -0.156. The molecule has 1 aliphatic heterocycles. The molecule has 1 atom stereocenters. The van der Waals surface area contributed by atoms with Crippen molar-refractivity contribution in [2.75, 3.05) is 25.0 Å². The van der Waals surface area contributed by atoms with Crippen LogP contribution in [0.3, 0.4) is 0 Å². The Morgan fingerprint density at radius 2 is 1.97 bits per heavy atom. The number of fused-ring (bicyclic) bond motifs is 1. The van der Waals surface area contributed by atoms with Crippen molar-refractivity contribution in [3.05, 3.63) is 48.3 Å². The summed E-state index contributed by atoms with van der Waals surface area (Å²) in [5.41, 5.74) is 2.47.